The highest BCUT2D eigenvalue weighted by molar-refractivity contribution is 6.31. The second-order valence-corrected chi connectivity index (χ2v) is 8.78. The van der Waals surface area contributed by atoms with Gasteiger partial charge in [-0.05, 0) is 55.3 Å². The van der Waals surface area contributed by atoms with E-state index in [-0.39, 0.29) is 5.91 Å². The van der Waals surface area contributed by atoms with Gasteiger partial charge >= 0.3 is 6.18 Å². The maximum atomic E-state index is 12.9. The third-order valence-electron chi connectivity index (χ3n) is 5.70. The highest BCUT2D eigenvalue weighted by Gasteiger charge is 2.30. The number of rotatable bonds is 7. The van der Waals surface area contributed by atoms with Crippen molar-refractivity contribution in [3.63, 3.8) is 0 Å². The van der Waals surface area contributed by atoms with E-state index in [9.17, 15) is 18.0 Å². The number of carbonyl (C=O) groups is 1. The molecule has 1 N–H and O–H groups in total. The van der Waals surface area contributed by atoms with E-state index >= 15 is 0 Å². The Bertz CT molecular complexity index is 1360. The number of amides is 1. The van der Waals surface area contributed by atoms with E-state index in [1.165, 1.54) is 12.1 Å². The van der Waals surface area contributed by atoms with Crippen molar-refractivity contribution in [2.45, 2.75) is 45.8 Å². The van der Waals surface area contributed by atoms with Crippen LogP contribution in [0.1, 0.15) is 52.8 Å². The molecular weight excluding hydrogens is 477 g/mol. The highest BCUT2D eigenvalue weighted by Crippen LogP contribution is 2.30. The summed E-state index contributed by atoms with van der Waals surface area (Å²) in [5.41, 5.74) is 2.81. The van der Waals surface area contributed by atoms with Gasteiger partial charge in [-0.25, -0.2) is 9.97 Å². The summed E-state index contributed by atoms with van der Waals surface area (Å²) in [5.74, 6) is 0.485. The number of nitrogens with zero attached hydrogens (tertiary/aromatic N) is 3. The van der Waals surface area contributed by atoms with Crippen molar-refractivity contribution in [2.24, 2.45) is 0 Å². The van der Waals surface area contributed by atoms with Gasteiger partial charge in [-0.15, -0.1) is 0 Å². The Morgan fingerprint density at radius 3 is 2.49 bits per heavy atom. The van der Waals surface area contributed by atoms with E-state index < -0.39 is 11.7 Å². The standard InChI is InChI=1S/C26H24ClF3N4O/c1-3-4-8-23-32-22-14-21(33-25(35)18-6-5-7-20(27)13-18)16(2)31-24(22)34(23)15-17-9-11-19(12-10-17)26(28,29)30/h5-7,9-14H,3-4,8,15H2,1-2H3,(H,33,35). The van der Waals surface area contributed by atoms with Crippen molar-refractivity contribution in [2.75, 3.05) is 5.32 Å². The van der Waals surface area contributed by atoms with Crippen LogP contribution in [0.15, 0.2) is 54.6 Å². The van der Waals surface area contributed by atoms with Crippen LogP contribution in [0.4, 0.5) is 18.9 Å². The maximum absolute atomic E-state index is 12.9. The predicted octanol–water partition coefficient (Wildman–Crippen LogP) is 7.06. The minimum atomic E-state index is -4.38. The molecule has 4 rings (SSSR count). The van der Waals surface area contributed by atoms with Gasteiger partial charge in [-0.3, -0.25) is 4.79 Å². The van der Waals surface area contributed by atoms with E-state index in [0.29, 0.717) is 51.7 Å². The first kappa shape index (κ1) is 24.7. The first-order valence-electron chi connectivity index (χ1n) is 11.3. The molecule has 35 heavy (non-hydrogen) atoms. The lowest BCUT2D eigenvalue weighted by molar-refractivity contribution is -0.137. The number of halogens is 4. The molecule has 1 amide bonds. The smallest absolute Gasteiger partial charge is 0.320 e. The van der Waals surface area contributed by atoms with Crippen LogP contribution in [0.3, 0.4) is 0 Å². The molecular formula is C26H24ClF3N4O. The second-order valence-electron chi connectivity index (χ2n) is 8.34. The number of alkyl halides is 3. The zero-order chi connectivity index (χ0) is 25.2. The molecule has 0 aliphatic rings. The molecule has 2 heterocycles. The average molecular weight is 501 g/mol. The fourth-order valence-electron chi connectivity index (χ4n) is 3.81. The zero-order valence-corrected chi connectivity index (χ0v) is 20.0. The molecule has 5 nitrogen and oxygen atoms in total. The molecule has 0 aliphatic carbocycles. The molecule has 0 bridgehead atoms. The fourth-order valence-corrected chi connectivity index (χ4v) is 4.00. The molecule has 0 unspecified atom stereocenters. The molecule has 0 saturated carbocycles. The zero-order valence-electron chi connectivity index (χ0n) is 19.3. The van der Waals surface area contributed by atoms with Crippen LogP contribution in [0.25, 0.3) is 11.2 Å². The van der Waals surface area contributed by atoms with Gasteiger partial charge in [-0.2, -0.15) is 13.2 Å². The highest BCUT2D eigenvalue weighted by atomic mass is 35.5. The number of anilines is 1. The number of fused-ring (bicyclic) bond motifs is 1. The lowest BCUT2D eigenvalue weighted by atomic mass is 10.1. The quantitative estimate of drug-likeness (QED) is 0.295. The molecule has 0 atom stereocenters. The SMILES string of the molecule is CCCCc1nc2cc(NC(=O)c3cccc(Cl)c3)c(C)nc2n1Cc1ccc(C(F)(F)F)cc1. The Labute approximate surface area is 206 Å². The summed E-state index contributed by atoms with van der Waals surface area (Å²) in [5, 5.41) is 3.34. The average Bonchev–Trinajstić information content (AvgIpc) is 3.13. The van der Waals surface area contributed by atoms with Gasteiger partial charge in [-0.1, -0.05) is 43.1 Å². The van der Waals surface area contributed by atoms with Crippen LogP contribution >= 0.6 is 11.6 Å². The van der Waals surface area contributed by atoms with Crippen LogP contribution in [-0.4, -0.2) is 20.4 Å². The van der Waals surface area contributed by atoms with Crippen LogP contribution in [0.2, 0.25) is 5.02 Å². The summed E-state index contributed by atoms with van der Waals surface area (Å²) in [4.78, 5) is 22.2. The summed E-state index contributed by atoms with van der Waals surface area (Å²) in [6.07, 6.45) is -1.79. The normalized spacial score (nSPS) is 11.7. The van der Waals surface area contributed by atoms with Gasteiger partial charge in [0.25, 0.3) is 5.91 Å². The van der Waals surface area contributed by atoms with Crippen LogP contribution in [0, 0.1) is 6.92 Å². The number of carbonyl (C=O) groups excluding carboxylic acids is 1. The van der Waals surface area contributed by atoms with Crippen molar-refractivity contribution < 1.29 is 18.0 Å². The van der Waals surface area contributed by atoms with Crippen LogP contribution in [0.5, 0.6) is 0 Å². The molecule has 0 aliphatic heterocycles. The van der Waals surface area contributed by atoms with Crippen molar-refractivity contribution in [1.82, 2.24) is 14.5 Å². The molecule has 4 aromatic rings. The lowest BCUT2D eigenvalue weighted by Crippen LogP contribution is -2.13. The molecule has 0 saturated heterocycles. The minimum Gasteiger partial charge on any atom is -0.320 e. The predicted molar refractivity (Wildman–Crippen MR) is 131 cm³/mol. The summed E-state index contributed by atoms with van der Waals surface area (Å²) in [6.45, 7) is 4.21. The number of benzene rings is 2. The number of aromatic nitrogens is 3. The number of pyridine rings is 1. The Balaban J connectivity index is 1.67. The molecule has 182 valence electrons. The van der Waals surface area contributed by atoms with Gasteiger partial charge < -0.3 is 9.88 Å². The van der Waals surface area contributed by atoms with Gasteiger partial charge in [0, 0.05) is 17.0 Å². The largest absolute Gasteiger partial charge is 0.416 e. The van der Waals surface area contributed by atoms with Gasteiger partial charge in [0.15, 0.2) is 5.65 Å². The molecule has 2 aromatic heterocycles. The van der Waals surface area contributed by atoms with Crippen molar-refractivity contribution >= 4 is 34.4 Å². The van der Waals surface area contributed by atoms with Gasteiger partial charge in [0.1, 0.15) is 11.3 Å². The first-order valence-corrected chi connectivity index (χ1v) is 11.6. The number of aryl methyl sites for hydroxylation is 2. The summed E-state index contributed by atoms with van der Waals surface area (Å²) in [6, 6.07) is 13.6. The molecule has 0 radical (unpaired) electrons. The number of hydrogen-bond donors (Lipinski definition) is 1. The summed E-state index contributed by atoms with van der Waals surface area (Å²) < 4.78 is 40.8. The Morgan fingerprint density at radius 1 is 1.09 bits per heavy atom. The third-order valence-corrected chi connectivity index (χ3v) is 5.94. The van der Waals surface area contributed by atoms with Gasteiger partial charge in [0.2, 0.25) is 0 Å². The monoisotopic (exact) mass is 500 g/mol. The van der Waals surface area contributed by atoms with E-state index in [4.69, 9.17) is 21.6 Å². The number of unbranched alkanes of at least 4 members (excludes halogenated alkanes) is 1. The van der Waals surface area contributed by atoms with Crippen molar-refractivity contribution in [3.8, 4) is 0 Å². The van der Waals surface area contributed by atoms with E-state index in [1.807, 2.05) is 4.57 Å². The van der Waals surface area contributed by atoms with E-state index in [1.54, 1.807) is 37.3 Å². The maximum Gasteiger partial charge on any atom is 0.416 e. The summed E-state index contributed by atoms with van der Waals surface area (Å²) in [7, 11) is 0. The second kappa shape index (κ2) is 10.1. The molecule has 0 spiro atoms. The third kappa shape index (κ3) is 5.65. The summed E-state index contributed by atoms with van der Waals surface area (Å²) >= 11 is 6.00. The fraction of sp³-hybridized carbons (Fsp3) is 0.269. The number of hydrogen-bond acceptors (Lipinski definition) is 3. The molecule has 2 aromatic carbocycles. The Kier molecular flexibility index (Phi) is 7.12. The van der Waals surface area contributed by atoms with Gasteiger partial charge in [0.05, 0.1) is 23.5 Å². The first-order chi connectivity index (χ1) is 16.7. The number of imidazole rings is 1. The minimum absolute atomic E-state index is 0.313. The van der Waals surface area contributed by atoms with E-state index in [2.05, 4.69) is 12.2 Å². The lowest BCUT2D eigenvalue weighted by Gasteiger charge is -2.12. The molecule has 0 fully saturated rings. The Morgan fingerprint density at radius 2 is 1.83 bits per heavy atom. The molecule has 9 heteroatoms. The van der Waals surface area contributed by atoms with Crippen molar-refractivity contribution in [3.05, 3.63) is 87.8 Å². The number of nitrogens with one attached hydrogen (secondary N) is 1. The van der Waals surface area contributed by atoms with Crippen LogP contribution in [-0.2, 0) is 19.1 Å². The Hall–Kier alpha value is -3.39. The van der Waals surface area contributed by atoms with E-state index in [0.717, 1.165) is 30.8 Å². The van der Waals surface area contributed by atoms with Crippen molar-refractivity contribution in [1.29, 1.82) is 0 Å². The topological polar surface area (TPSA) is 59.8 Å². The van der Waals surface area contributed by atoms with Crippen LogP contribution < -0.4 is 5.32 Å².